The number of hydrogen-bond acceptors (Lipinski definition) is 2. The minimum atomic E-state index is -0.755. The fourth-order valence-electron chi connectivity index (χ4n) is 2.53. The Labute approximate surface area is 94.1 Å². The summed E-state index contributed by atoms with van der Waals surface area (Å²) in [5.74, 6) is -0.637. The molecule has 0 spiro atoms. The molecule has 0 aliphatic heterocycles. The number of hydrogen-bond donors (Lipinski definition) is 1. The zero-order valence-electron chi connectivity index (χ0n) is 9.19. The van der Waals surface area contributed by atoms with E-state index in [1.807, 2.05) is 13.0 Å². The fraction of sp³-hybridized carbons (Fsp3) is 0.385. The Morgan fingerprint density at radius 2 is 2.31 bits per heavy atom. The average molecular weight is 218 g/mol. The van der Waals surface area contributed by atoms with Crippen molar-refractivity contribution >= 4 is 12.3 Å². The van der Waals surface area contributed by atoms with Gasteiger partial charge in [-0.15, -0.1) is 0 Å². The third kappa shape index (κ3) is 1.73. The SMILES string of the molecule is Cc1c(C=O)ccc2c1CC[C@@H]2CC(=O)O. The number of aldehydes is 1. The molecule has 84 valence electrons. The first-order valence-electron chi connectivity index (χ1n) is 5.43. The van der Waals surface area contributed by atoms with Crippen LogP contribution in [0.3, 0.4) is 0 Å². The molecule has 3 nitrogen and oxygen atoms in total. The van der Waals surface area contributed by atoms with E-state index in [9.17, 15) is 9.59 Å². The monoisotopic (exact) mass is 218 g/mol. The van der Waals surface area contributed by atoms with Crippen molar-refractivity contribution in [1.29, 1.82) is 0 Å². The van der Waals surface area contributed by atoms with Crippen LogP contribution in [0, 0.1) is 6.92 Å². The molecule has 1 N–H and O–H groups in total. The summed E-state index contributed by atoms with van der Waals surface area (Å²) < 4.78 is 0. The van der Waals surface area contributed by atoms with Crippen LogP contribution in [0.5, 0.6) is 0 Å². The standard InChI is InChI=1S/C13H14O3/c1-8-10(7-14)3-5-12-9(6-13(15)16)2-4-11(8)12/h3,5,7,9H,2,4,6H2,1H3,(H,15,16)/t9-/m1/s1. The van der Waals surface area contributed by atoms with Crippen molar-refractivity contribution in [3.8, 4) is 0 Å². The molecule has 0 amide bonds. The number of carbonyl (C=O) groups is 2. The molecule has 0 radical (unpaired) electrons. The maximum Gasteiger partial charge on any atom is 0.303 e. The Morgan fingerprint density at radius 3 is 2.94 bits per heavy atom. The highest BCUT2D eigenvalue weighted by Crippen LogP contribution is 2.37. The highest BCUT2D eigenvalue weighted by Gasteiger charge is 2.26. The van der Waals surface area contributed by atoms with Crippen molar-refractivity contribution < 1.29 is 14.7 Å². The number of carboxylic acid groups (broad SMARTS) is 1. The Balaban J connectivity index is 2.38. The van der Waals surface area contributed by atoms with Gasteiger partial charge in [0.1, 0.15) is 6.29 Å². The molecule has 1 aromatic carbocycles. The molecule has 0 saturated carbocycles. The van der Waals surface area contributed by atoms with Gasteiger partial charge in [0, 0.05) is 5.56 Å². The van der Waals surface area contributed by atoms with E-state index in [0.717, 1.165) is 35.8 Å². The van der Waals surface area contributed by atoms with Crippen LogP contribution in [-0.4, -0.2) is 17.4 Å². The molecule has 0 fully saturated rings. The first kappa shape index (κ1) is 10.9. The minimum absolute atomic E-state index is 0.118. The van der Waals surface area contributed by atoms with Gasteiger partial charge in [0.2, 0.25) is 0 Å². The van der Waals surface area contributed by atoms with Crippen LogP contribution < -0.4 is 0 Å². The Hall–Kier alpha value is -1.64. The van der Waals surface area contributed by atoms with E-state index < -0.39 is 5.97 Å². The van der Waals surface area contributed by atoms with Crippen LogP contribution in [0.2, 0.25) is 0 Å². The third-order valence-corrected chi connectivity index (χ3v) is 3.41. The number of carboxylic acids is 1. The maximum atomic E-state index is 10.8. The fourth-order valence-corrected chi connectivity index (χ4v) is 2.53. The molecule has 0 bridgehead atoms. The van der Waals surface area contributed by atoms with Crippen molar-refractivity contribution in [2.75, 3.05) is 0 Å². The lowest BCUT2D eigenvalue weighted by molar-refractivity contribution is -0.137. The number of fused-ring (bicyclic) bond motifs is 1. The van der Waals surface area contributed by atoms with Gasteiger partial charge >= 0.3 is 5.97 Å². The van der Waals surface area contributed by atoms with Crippen molar-refractivity contribution in [1.82, 2.24) is 0 Å². The molecule has 0 saturated heterocycles. The van der Waals surface area contributed by atoms with Gasteiger partial charge in [-0.2, -0.15) is 0 Å². The minimum Gasteiger partial charge on any atom is -0.481 e. The number of benzene rings is 1. The van der Waals surface area contributed by atoms with Gasteiger partial charge in [-0.1, -0.05) is 12.1 Å². The van der Waals surface area contributed by atoms with Gasteiger partial charge < -0.3 is 5.11 Å². The molecule has 1 aliphatic rings. The van der Waals surface area contributed by atoms with Gasteiger partial charge in [0.05, 0.1) is 6.42 Å². The van der Waals surface area contributed by atoms with Crippen molar-refractivity contribution in [3.63, 3.8) is 0 Å². The van der Waals surface area contributed by atoms with Crippen LogP contribution in [-0.2, 0) is 11.2 Å². The predicted octanol–water partition coefficient (Wildman–Crippen LogP) is 2.31. The van der Waals surface area contributed by atoms with E-state index >= 15 is 0 Å². The Morgan fingerprint density at radius 1 is 1.56 bits per heavy atom. The van der Waals surface area contributed by atoms with E-state index in [4.69, 9.17) is 5.11 Å². The highest BCUT2D eigenvalue weighted by molar-refractivity contribution is 5.78. The van der Waals surface area contributed by atoms with Gasteiger partial charge in [0.25, 0.3) is 0 Å². The third-order valence-electron chi connectivity index (χ3n) is 3.41. The lowest BCUT2D eigenvalue weighted by Gasteiger charge is -2.10. The van der Waals surface area contributed by atoms with E-state index in [0.29, 0.717) is 0 Å². The van der Waals surface area contributed by atoms with Crippen molar-refractivity contribution in [2.45, 2.75) is 32.1 Å². The normalized spacial score (nSPS) is 18.2. The molecule has 0 heterocycles. The van der Waals surface area contributed by atoms with Crippen molar-refractivity contribution in [2.24, 2.45) is 0 Å². The largest absolute Gasteiger partial charge is 0.481 e. The molecule has 1 aliphatic carbocycles. The molecular formula is C13H14O3. The van der Waals surface area contributed by atoms with Crippen molar-refractivity contribution in [3.05, 3.63) is 34.4 Å². The first-order valence-corrected chi connectivity index (χ1v) is 5.43. The van der Waals surface area contributed by atoms with E-state index in [2.05, 4.69) is 0 Å². The van der Waals surface area contributed by atoms with Crippen LogP contribution in [0.4, 0.5) is 0 Å². The zero-order valence-corrected chi connectivity index (χ0v) is 9.19. The summed E-state index contributed by atoms with van der Waals surface area (Å²) in [6.07, 6.45) is 2.82. The van der Waals surface area contributed by atoms with Crippen LogP contribution in [0.1, 0.15) is 45.8 Å². The van der Waals surface area contributed by atoms with Gasteiger partial charge in [-0.3, -0.25) is 9.59 Å². The zero-order chi connectivity index (χ0) is 11.7. The van der Waals surface area contributed by atoms with Crippen LogP contribution in [0.15, 0.2) is 12.1 Å². The summed E-state index contributed by atoms with van der Waals surface area (Å²) >= 11 is 0. The quantitative estimate of drug-likeness (QED) is 0.792. The molecular weight excluding hydrogens is 204 g/mol. The summed E-state index contributed by atoms with van der Waals surface area (Å²) in [6, 6.07) is 3.70. The predicted molar refractivity (Wildman–Crippen MR) is 59.9 cm³/mol. The summed E-state index contributed by atoms with van der Waals surface area (Å²) in [6.45, 7) is 1.94. The smallest absolute Gasteiger partial charge is 0.303 e. The lowest BCUT2D eigenvalue weighted by Crippen LogP contribution is -2.03. The topological polar surface area (TPSA) is 54.4 Å². The molecule has 0 aromatic heterocycles. The first-order chi connectivity index (χ1) is 7.63. The van der Waals surface area contributed by atoms with E-state index in [1.165, 1.54) is 5.56 Å². The van der Waals surface area contributed by atoms with E-state index in [1.54, 1.807) is 6.07 Å². The second-order valence-corrected chi connectivity index (χ2v) is 4.30. The molecule has 16 heavy (non-hydrogen) atoms. The van der Waals surface area contributed by atoms with Crippen LogP contribution >= 0.6 is 0 Å². The molecule has 2 rings (SSSR count). The maximum absolute atomic E-state index is 10.8. The Kier molecular flexibility index (Phi) is 2.77. The number of rotatable bonds is 3. The van der Waals surface area contributed by atoms with E-state index in [-0.39, 0.29) is 12.3 Å². The second kappa shape index (κ2) is 4.08. The summed E-state index contributed by atoms with van der Waals surface area (Å²) in [5, 5.41) is 8.81. The second-order valence-electron chi connectivity index (χ2n) is 4.30. The number of carbonyl (C=O) groups excluding carboxylic acids is 1. The number of aliphatic carboxylic acids is 1. The van der Waals surface area contributed by atoms with Gasteiger partial charge in [-0.25, -0.2) is 0 Å². The molecule has 0 unspecified atom stereocenters. The Bertz CT molecular complexity index is 449. The van der Waals surface area contributed by atoms with Crippen LogP contribution in [0.25, 0.3) is 0 Å². The summed E-state index contributed by atoms with van der Waals surface area (Å²) in [4.78, 5) is 21.5. The summed E-state index contributed by atoms with van der Waals surface area (Å²) in [5.41, 5.74) is 4.02. The average Bonchev–Trinajstić information content (AvgIpc) is 2.62. The molecule has 1 aromatic rings. The summed E-state index contributed by atoms with van der Waals surface area (Å²) in [7, 11) is 0. The van der Waals surface area contributed by atoms with Gasteiger partial charge in [-0.05, 0) is 42.4 Å². The molecule has 1 atom stereocenters. The molecule has 3 heteroatoms. The lowest BCUT2D eigenvalue weighted by atomic mass is 9.94. The van der Waals surface area contributed by atoms with Gasteiger partial charge in [0.15, 0.2) is 0 Å². The highest BCUT2D eigenvalue weighted by atomic mass is 16.4.